The van der Waals surface area contributed by atoms with Crippen molar-refractivity contribution in [1.82, 2.24) is 0 Å². The lowest BCUT2D eigenvalue weighted by molar-refractivity contribution is -0.134. The molecule has 1 N–H and O–H groups in total. The van der Waals surface area contributed by atoms with Crippen molar-refractivity contribution in [2.45, 2.75) is 0 Å². The molecule has 104 valence electrons. The topological polar surface area (TPSA) is 54.4 Å². The van der Waals surface area contributed by atoms with Crippen LogP contribution in [0.3, 0.4) is 0 Å². The summed E-state index contributed by atoms with van der Waals surface area (Å²) in [6, 6.07) is 6.95. The molecule has 0 amide bonds. The molecule has 20 heavy (non-hydrogen) atoms. The van der Waals surface area contributed by atoms with Crippen molar-refractivity contribution in [3.05, 3.63) is 50.7 Å². The molecule has 0 spiro atoms. The van der Waals surface area contributed by atoms with Crippen LogP contribution in [0.5, 0.6) is 0 Å². The Morgan fingerprint density at radius 1 is 1.15 bits per heavy atom. The Morgan fingerprint density at radius 3 is 2.30 bits per heavy atom. The number of allylic oxidation sites excluding steroid dienone is 1. The quantitative estimate of drug-likeness (QED) is 0.519. The lowest BCUT2D eigenvalue weighted by Crippen LogP contribution is -2.11. The molecule has 1 aliphatic heterocycles. The van der Waals surface area contributed by atoms with Crippen molar-refractivity contribution in [2.24, 2.45) is 0 Å². The van der Waals surface area contributed by atoms with Gasteiger partial charge in [-0.25, -0.2) is 4.79 Å². The van der Waals surface area contributed by atoms with E-state index in [-0.39, 0.29) is 5.57 Å². The number of benzene rings is 1. The third-order valence-electron chi connectivity index (χ3n) is 2.51. The number of hydrogen-bond donors (Lipinski definition) is 1. The standard InChI is InChI=1S/C14H11ClO3S2/c15-10-4-1-9(2-5-10)3-6-11(16)12(13(17)18)14-19-7-8-20-14/h1-6H,7-8H2,(H,17,18)/b6-3+. The van der Waals surface area contributed by atoms with Gasteiger partial charge in [0.25, 0.3) is 0 Å². The fourth-order valence-electron chi connectivity index (χ4n) is 1.58. The molecule has 1 aliphatic rings. The Morgan fingerprint density at radius 2 is 1.75 bits per heavy atom. The van der Waals surface area contributed by atoms with Crippen LogP contribution in [-0.2, 0) is 9.59 Å². The van der Waals surface area contributed by atoms with Crippen molar-refractivity contribution >= 4 is 53.0 Å². The molecule has 0 aliphatic carbocycles. The van der Waals surface area contributed by atoms with Gasteiger partial charge in [-0.3, -0.25) is 4.79 Å². The van der Waals surface area contributed by atoms with Gasteiger partial charge in [-0.05, 0) is 23.8 Å². The molecule has 0 bridgehead atoms. The van der Waals surface area contributed by atoms with Gasteiger partial charge in [0.1, 0.15) is 5.57 Å². The molecule has 6 heteroatoms. The van der Waals surface area contributed by atoms with Gasteiger partial charge in [-0.2, -0.15) is 0 Å². The summed E-state index contributed by atoms with van der Waals surface area (Å²) in [6.45, 7) is 0. The van der Waals surface area contributed by atoms with Gasteiger partial charge >= 0.3 is 5.97 Å². The molecule has 0 saturated carbocycles. The fourth-order valence-corrected chi connectivity index (χ4v) is 4.24. The number of thioether (sulfide) groups is 2. The first kappa shape index (κ1) is 15.2. The lowest BCUT2D eigenvalue weighted by atomic mass is 10.1. The fraction of sp³-hybridized carbons (Fsp3) is 0.143. The summed E-state index contributed by atoms with van der Waals surface area (Å²) < 4.78 is 0.600. The maximum Gasteiger partial charge on any atom is 0.341 e. The van der Waals surface area contributed by atoms with Crippen LogP contribution >= 0.6 is 35.1 Å². The molecule has 3 nitrogen and oxygen atoms in total. The summed E-state index contributed by atoms with van der Waals surface area (Å²) in [7, 11) is 0. The van der Waals surface area contributed by atoms with Gasteiger partial charge in [0.2, 0.25) is 0 Å². The molecule has 0 unspecified atom stereocenters. The number of aliphatic carboxylic acids is 1. The minimum Gasteiger partial charge on any atom is -0.477 e. The van der Waals surface area contributed by atoms with Gasteiger partial charge in [-0.15, -0.1) is 23.5 Å². The number of rotatable bonds is 4. The van der Waals surface area contributed by atoms with E-state index in [1.54, 1.807) is 30.3 Å². The highest BCUT2D eigenvalue weighted by atomic mass is 35.5. The molecule has 1 heterocycles. The van der Waals surface area contributed by atoms with Gasteiger partial charge in [0.05, 0.1) is 4.24 Å². The van der Waals surface area contributed by atoms with Crippen molar-refractivity contribution in [3.8, 4) is 0 Å². The summed E-state index contributed by atoms with van der Waals surface area (Å²) in [5, 5.41) is 9.79. The molecule has 0 radical (unpaired) electrons. The second kappa shape index (κ2) is 7.02. The molecule has 1 aromatic carbocycles. The Bertz CT molecular complexity index is 583. The van der Waals surface area contributed by atoms with Gasteiger partial charge in [0.15, 0.2) is 5.78 Å². The van der Waals surface area contributed by atoms with E-state index in [1.165, 1.54) is 29.6 Å². The van der Waals surface area contributed by atoms with E-state index in [2.05, 4.69) is 0 Å². The zero-order valence-electron chi connectivity index (χ0n) is 10.3. The Labute approximate surface area is 130 Å². The number of carboxylic acids is 1. The predicted octanol–water partition coefficient (Wildman–Crippen LogP) is 3.70. The highest BCUT2D eigenvalue weighted by Gasteiger charge is 2.24. The third kappa shape index (κ3) is 3.91. The summed E-state index contributed by atoms with van der Waals surface area (Å²) >= 11 is 8.61. The molecule has 0 aromatic heterocycles. The number of carbonyl (C=O) groups excluding carboxylic acids is 1. The van der Waals surface area contributed by atoms with Crippen LogP contribution in [0.25, 0.3) is 6.08 Å². The summed E-state index contributed by atoms with van der Waals surface area (Å²) in [5.74, 6) is 0.0210. The second-order valence-electron chi connectivity index (χ2n) is 3.91. The van der Waals surface area contributed by atoms with Crippen LogP contribution in [-0.4, -0.2) is 28.4 Å². The van der Waals surface area contributed by atoms with E-state index < -0.39 is 11.8 Å². The molecule has 2 rings (SSSR count). The first-order valence-corrected chi connectivity index (χ1v) is 8.14. The van der Waals surface area contributed by atoms with Crippen molar-refractivity contribution in [2.75, 3.05) is 11.5 Å². The average molecular weight is 327 g/mol. The summed E-state index contributed by atoms with van der Waals surface area (Å²) in [5.41, 5.74) is 0.659. The second-order valence-corrected chi connectivity index (χ2v) is 6.82. The first-order chi connectivity index (χ1) is 9.58. The maximum atomic E-state index is 12.0. The SMILES string of the molecule is O=C(O)C(C(=O)/C=C/c1ccc(Cl)cc1)=C1SCCS1. The number of halogens is 1. The highest BCUT2D eigenvalue weighted by molar-refractivity contribution is 8.25. The van der Waals surface area contributed by atoms with Crippen LogP contribution < -0.4 is 0 Å². The highest BCUT2D eigenvalue weighted by Crippen LogP contribution is 2.39. The summed E-state index contributed by atoms with van der Waals surface area (Å²) in [6.07, 6.45) is 2.88. The van der Waals surface area contributed by atoms with E-state index in [4.69, 9.17) is 11.6 Å². The maximum absolute atomic E-state index is 12.0. The van der Waals surface area contributed by atoms with Crippen LogP contribution in [0.1, 0.15) is 5.56 Å². The van der Waals surface area contributed by atoms with Gasteiger partial charge < -0.3 is 5.11 Å². The summed E-state index contributed by atoms with van der Waals surface area (Å²) in [4.78, 5) is 23.3. The Hall–Kier alpha value is -1.17. The van der Waals surface area contributed by atoms with Crippen molar-refractivity contribution in [3.63, 3.8) is 0 Å². The monoisotopic (exact) mass is 326 g/mol. The van der Waals surface area contributed by atoms with Crippen LogP contribution in [0, 0.1) is 0 Å². The molecular weight excluding hydrogens is 316 g/mol. The minimum atomic E-state index is -1.17. The van der Waals surface area contributed by atoms with E-state index in [0.717, 1.165) is 17.1 Å². The lowest BCUT2D eigenvalue weighted by Gasteiger charge is -2.01. The number of carboxylic acid groups (broad SMARTS) is 1. The van der Waals surface area contributed by atoms with E-state index in [1.807, 2.05) is 0 Å². The minimum absolute atomic E-state index is 0.136. The van der Waals surface area contributed by atoms with Gasteiger partial charge in [0, 0.05) is 16.5 Å². The first-order valence-electron chi connectivity index (χ1n) is 5.79. The number of ketones is 1. The van der Waals surface area contributed by atoms with Crippen LogP contribution in [0.15, 0.2) is 40.2 Å². The van der Waals surface area contributed by atoms with Crippen molar-refractivity contribution in [1.29, 1.82) is 0 Å². The smallest absolute Gasteiger partial charge is 0.341 e. The zero-order valence-corrected chi connectivity index (χ0v) is 12.7. The van der Waals surface area contributed by atoms with E-state index >= 15 is 0 Å². The largest absolute Gasteiger partial charge is 0.477 e. The Balaban J connectivity index is 2.19. The zero-order chi connectivity index (χ0) is 14.5. The third-order valence-corrected chi connectivity index (χ3v) is 5.48. The van der Waals surface area contributed by atoms with Gasteiger partial charge in [-0.1, -0.05) is 29.8 Å². The predicted molar refractivity (Wildman–Crippen MR) is 85.1 cm³/mol. The van der Waals surface area contributed by atoms with Crippen molar-refractivity contribution < 1.29 is 14.7 Å². The van der Waals surface area contributed by atoms with E-state index in [0.29, 0.717) is 9.26 Å². The number of hydrogen-bond acceptors (Lipinski definition) is 4. The van der Waals surface area contributed by atoms with Crippen LogP contribution in [0.4, 0.5) is 0 Å². The molecule has 1 aromatic rings. The van der Waals surface area contributed by atoms with E-state index in [9.17, 15) is 14.7 Å². The molecule has 0 atom stereocenters. The molecular formula is C14H11ClO3S2. The average Bonchev–Trinajstić information content (AvgIpc) is 2.91. The normalized spacial score (nSPS) is 14.8. The molecule has 1 saturated heterocycles. The molecule has 1 fully saturated rings. The van der Waals surface area contributed by atoms with Crippen LogP contribution in [0.2, 0.25) is 5.02 Å². The number of carbonyl (C=O) groups is 2. The Kier molecular flexibility index (Phi) is 5.34.